The summed E-state index contributed by atoms with van der Waals surface area (Å²) >= 11 is 0. The number of aryl methyl sites for hydroxylation is 2. The number of hydrogen-bond donors (Lipinski definition) is 0. The van der Waals surface area contributed by atoms with E-state index in [4.69, 9.17) is 9.97 Å². The van der Waals surface area contributed by atoms with Crippen LogP contribution >= 0.6 is 0 Å². The lowest BCUT2D eigenvalue weighted by Crippen LogP contribution is -2.02. The van der Waals surface area contributed by atoms with Gasteiger partial charge in [0.25, 0.3) is 0 Å². The first-order valence-electron chi connectivity index (χ1n) is 12.9. The van der Waals surface area contributed by atoms with Gasteiger partial charge in [0.15, 0.2) is 0 Å². The summed E-state index contributed by atoms with van der Waals surface area (Å²) in [4.78, 5) is 10.2. The Hall–Kier alpha value is -4.96. The van der Waals surface area contributed by atoms with Crippen molar-refractivity contribution in [3.05, 3.63) is 132 Å². The standard InChI is InChI=1S/C34H26N4/c1-23-21-28(34-36-30-18-10-12-20-32(30)38(34)26-15-7-4-8-16-26)24(2)22-27(23)33-35-29-17-9-11-19-31(29)37(33)25-13-5-3-6-14-25/h3-22H,1-2H3. The molecule has 0 N–H and O–H groups in total. The summed E-state index contributed by atoms with van der Waals surface area (Å²) < 4.78 is 4.52. The van der Waals surface area contributed by atoms with Crippen LogP contribution < -0.4 is 0 Å². The van der Waals surface area contributed by atoms with Gasteiger partial charge in [-0.1, -0.05) is 60.7 Å². The van der Waals surface area contributed by atoms with Crippen molar-refractivity contribution in [3.63, 3.8) is 0 Å². The van der Waals surface area contributed by atoms with Crippen molar-refractivity contribution < 1.29 is 0 Å². The van der Waals surface area contributed by atoms with Crippen LogP contribution in [0.4, 0.5) is 0 Å². The summed E-state index contributed by atoms with van der Waals surface area (Å²) in [5, 5.41) is 0. The normalized spacial score (nSPS) is 11.4. The van der Waals surface area contributed by atoms with E-state index in [1.165, 1.54) is 0 Å². The van der Waals surface area contributed by atoms with E-state index < -0.39 is 0 Å². The van der Waals surface area contributed by atoms with Crippen LogP contribution in [0.25, 0.3) is 56.2 Å². The van der Waals surface area contributed by atoms with Gasteiger partial charge in [-0.3, -0.25) is 9.13 Å². The predicted octanol–water partition coefficient (Wildman–Crippen LogP) is 8.32. The molecule has 0 aliphatic rings. The summed E-state index contributed by atoms with van der Waals surface area (Å²) in [6, 6.07) is 42.1. The second kappa shape index (κ2) is 8.86. The van der Waals surface area contributed by atoms with Crippen molar-refractivity contribution in [3.8, 4) is 34.2 Å². The molecule has 38 heavy (non-hydrogen) atoms. The van der Waals surface area contributed by atoms with Crippen molar-refractivity contribution in [2.24, 2.45) is 0 Å². The molecular formula is C34H26N4. The van der Waals surface area contributed by atoms with Crippen LogP contribution in [0.5, 0.6) is 0 Å². The molecule has 0 aliphatic carbocycles. The molecule has 0 amide bonds. The van der Waals surface area contributed by atoms with Gasteiger partial charge in [0, 0.05) is 22.5 Å². The fourth-order valence-electron chi connectivity index (χ4n) is 5.39. The molecule has 0 aliphatic heterocycles. The van der Waals surface area contributed by atoms with Crippen LogP contribution in [0, 0.1) is 13.8 Å². The molecular weight excluding hydrogens is 464 g/mol. The fourth-order valence-corrected chi connectivity index (χ4v) is 5.39. The van der Waals surface area contributed by atoms with Gasteiger partial charge in [-0.05, 0) is 85.6 Å². The van der Waals surface area contributed by atoms with Crippen LogP contribution in [-0.4, -0.2) is 19.1 Å². The molecule has 0 spiro atoms. The second-order valence-corrected chi connectivity index (χ2v) is 9.67. The molecule has 4 nitrogen and oxygen atoms in total. The highest BCUT2D eigenvalue weighted by atomic mass is 15.1. The average molecular weight is 491 g/mol. The van der Waals surface area contributed by atoms with E-state index >= 15 is 0 Å². The summed E-state index contributed by atoms with van der Waals surface area (Å²) in [6.45, 7) is 4.34. The van der Waals surface area contributed by atoms with Gasteiger partial charge in [-0.25, -0.2) is 9.97 Å². The highest BCUT2D eigenvalue weighted by Crippen LogP contribution is 2.36. The Morgan fingerprint density at radius 2 is 0.816 bits per heavy atom. The van der Waals surface area contributed by atoms with E-state index in [2.05, 4.69) is 120 Å². The monoisotopic (exact) mass is 490 g/mol. The van der Waals surface area contributed by atoms with E-state index in [0.29, 0.717) is 0 Å². The van der Waals surface area contributed by atoms with Crippen LogP contribution in [0.15, 0.2) is 121 Å². The minimum absolute atomic E-state index is 0.945. The Labute approximate surface area is 221 Å². The molecule has 7 aromatic rings. The zero-order chi connectivity index (χ0) is 25.6. The minimum Gasteiger partial charge on any atom is -0.292 e. The lowest BCUT2D eigenvalue weighted by atomic mass is 9.98. The molecule has 2 heterocycles. The molecule has 2 aromatic heterocycles. The smallest absolute Gasteiger partial charge is 0.146 e. The Balaban J connectivity index is 1.46. The molecule has 0 fully saturated rings. The quantitative estimate of drug-likeness (QED) is 0.249. The molecule has 0 saturated carbocycles. The first-order valence-corrected chi connectivity index (χ1v) is 12.9. The molecule has 4 heteroatoms. The molecule has 0 unspecified atom stereocenters. The van der Waals surface area contributed by atoms with Crippen molar-refractivity contribution in [1.29, 1.82) is 0 Å². The van der Waals surface area contributed by atoms with Gasteiger partial charge in [0.05, 0.1) is 22.1 Å². The van der Waals surface area contributed by atoms with Crippen molar-refractivity contribution >= 4 is 22.1 Å². The number of hydrogen-bond acceptors (Lipinski definition) is 2. The molecule has 0 atom stereocenters. The Morgan fingerprint density at radius 3 is 1.24 bits per heavy atom. The van der Waals surface area contributed by atoms with Gasteiger partial charge in [0.2, 0.25) is 0 Å². The van der Waals surface area contributed by atoms with Gasteiger partial charge in [-0.2, -0.15) is 0 Å². The van der Waals surface area contributed by atoms with Crippen LogP contribution in [0.3, 0.4) is 0 Å². The van der Waals surface area contributed by atoms with Gasteiger partial charge in [0.1, 0.15) is 11.6 Å². The SMILES string of the molecule is Cc1cc(-c2nc3ccccc3n2-c2ccccc2)c(C)cc1-c1nc2ccccc2n1-c1ccccc1. The van der Waals surface area contributed by atoms with Crippen molar-refractivity contribution in [2.45, 2.75) is 13.8 Å². The molecule has 0 radical (unpaired) electrons. The minimum atomic E-state index is 0.945. The Bertz CT molecular complexity index is 1790. The van der Waals surface area contributed by atoms with E-state index in [-0.39, 0.29) is 0 Å². The number of fused-ring (bicyclic) bond motifs is 2. The van der Waals surface area contributed by atoms with Gasteiger partial charge in [-0.15, -0.1) is 0 Å². The van der Waals surface area contributed by atoms with Crippen LogP contribution in [-0.2, 0) is 0 Å². The third kappa shape index (κ3) is 3.53. The summed E-state index contributed by atoms with van der Waals surface area (Å²) in [5.41, 5.74) is 10.9. The van der Waals surface area contributed by atoms with Gasteiger partial charge < -0.3 is 0 Å². The maximum Gasteiger partial charge on any atom is 0.146 e. The lowest BCUT2D eigenvalue weighted by Gasteiger charge is -2.16. The zero-order valence-corrected chi connectivity index (χ0v) is 21.3. The Morgan fingerprint density at radius 1 is 0.447 bits per heavy atom. The number of benzene rings is 5. The maximum absolute atomic E-state index is 5.11. The van der Waals surface area contributed by atoms with Crippen LogP contribution in [0.2, 0.25) is 0 Å². The average Bonchev–Trinajstić information content (AvgIpc) is 3.54. The van der Waals surface area contributed by atoms with E-state index in [1.54, 1.807) is 0 Å². The Kier molecular flexibility index (Phi) is 5.19. The first kappa shape index (κ1) is 22.3. The van der Waals surface area contributed by atoms with Crippen LogP contribution in [0.1, 0.15) is 11.1 Å². The number of imidazole rings is 2. The highest BCUT2D eigenvalue weighted by Gasteiger charge is 2.20. The van der Waals surface area contributed by atoms with Gasteiger partial charge >= 0.3 is 0 Å². The van der Waals surface area contributed by atoms with Crippen molar-refractivity contribution in [1.82, 2.24) is 19.1 Å². The maximum atomic E-state index is 5.11. The fraction of sp³-hybridized carbons (Fsp3) is 0.0588. The highest BCUT2D eigenvalue weighted by molar-refractivity contribution is 5.87. The molecule has 182 valence electrons. The first-order chi connectivity index (χ1) is 18.7. The molecule has 7 rings (SSSR count). The zero-order valence-electron chi connectivity index (χ0n) is 21.3. The lowest BCUT2D eigenvalue weighted by molar-refractivity contribution is 1.09. The van der Waals surface area contributed by atoms with E-state index in [1.807, 2.05) is 24.3 Å². The molecule has 0 bridgehead atoms. The third-order valence-electron chi connectivity index (χ3n) is 7.20. The summed E-state index contributed by atoms with van der Waals surface area (Å²) in [5.74, 6) is 1.89. The number of nitrogens with zero attached hydrogens (tertiary/aromatic N) is 4. The topological polar surface area (TPSA) is 35.6 Å². The number of aromatic nitrogens is 4. The predicted molar refractivity (Wildman–Crippen MR) is 156 cm³/mol. The number of rotatable bonds is 4. The van der Waals surface area contributed by atoms with E-state index in [9.17, 15) is 0 Å². The van der Waals surface area contributed by atoms with Crippen molar-refractivity contribution in [2.75, 3.05) is 0 Å². The molecule has 5 aromatic carbocycles. The molecule has 0 saturated heterocycles. The largest absolute Gasteiger partial charge is 0.292 e. The summed E-state index contributed by atoms with van der Waals surface area (Å²) in [6.07, 6.45) is 0. The summed E-state index contributed by atoms with van der Waals surface area (Å²) in [7, 11) is 0. The third-order valence-corrected chi connectivity index (χ3v) is 7.20. The second-order valence-electron chi connectivity index (χ2n) is 9.67. The van der Waals surface area contributed by atoms with E-state index in [0.717, 1.165) is 67.3 Å². The number of para-hydroxylation sites is 6.